The Hall–Kier alpha value is -1.95. The number of benzene rings is 2. The highest BCUT2D eigenvalue weighted by Gasteiger charge is 2.43. The van der Waals surface area contributed by atoms with Crippen molar-refractivity contribution in [2.45, 2.75) is 25.3 Å². The van der Waals surface area contributed by atoms with Gasteiger partial charge in [-0.2, -0.15) is 0 Å². The zero-order valence-corrected chi connectivity index (χ0v) is 18.0. The predicted octanol–water partition coefficient (Wildman–Crippen LogP) is 3.91. The fourth-order valence-electron chi connectivity index (χ4n) is 4.28. The van der Waals surface area contributed by atoms with Crippen molar-refractivity contribution in [2.75, 3.05) is 39.3 Å². The molecule has 4 nitrogen and oxygen atoms in total. The molecule has 160 valence electrons. The maximum absolute atomic E-state index is 14.0. The van der Waals surface area contributed by atoms with Gasteiger partial charge >= 0.3 is 0 Å². The molecule has 6 heteroatoms. The SMILES string of the molecule is O=C(NCCCN1CCN(Cc2c(F)cccc2Cl)CC1)[C@H]1C[C@@H]1c1ccccc1. The van der Waals surface area contributed by atoms with Gasteiger partial charge in [-0.15, -0.1) is 0 Å². The summed E-state index contributed by atoms with van der Waals surface area (Å²) in [6, 6.07) is 15.2. The summed E-state index contributed by atoms with van der Waals surface area (Å²) in [5.74, 6) is 0.490. The molecule has 0 aromatic heterocycles. The van der Waals surface area contributed by atoms with Gasteiger partial charge in [-0.3, -0.25) is 9.69 Å². The molecule has 2 aromatic rings. The van der Waals surface area contributed by atoms with E-state index in [1.54, 1.807) is 12.1 Å². The Morgan fingerprint density at radius 2 is 1.77 bits per heavy atom. The topological polar surface area (TPSA) is 35.6 Å². The van der Waals surface area contributed by atoms with Crippen molar-refractivity contribution in [3.05, 3.63) is 70.5 Å². The second kappa shape index (κ2) is 9.90. The van der Waals surface area contributed by atoms with Crippen molar-refractivity contribution in [3.63, 3.8) is 0 Å². The molecule has 30 heavy (non-hydrogen) atoms. The third-order valence-corrected chi connectivity index (χ3v) is 6.57. The van der Waals surface area contributed by atoms with Gasteiger partial charge in [0, 0.05) is 55.8 Å². The molecule has 0 bridgehead atoms. The fourth-order valence-corrected chi connectivity index (χ4v) is 4.50. The minimum Gasteiger partial charge on any atom is -0.356 e. The van der Waals surface area contributed by atoms with Crippen molar-refractivity contribution >= 4 is 17.5 Å². The first-order chi connectivity index (χ1) is 14.6. The first-order valence-corrected chi connectivity index (χ1v) is 11.2. The van der Waals surface area contributed by atoms with E-state index in [-0.39, 0.29) is 17.6 Å². The van der Waals surface area contributed by atoms with E-state index in [0.29, 0.717) is 23.0 Å². The minimum atomic E-state index is -0.231. The molecule has 0 unspecified atom stereocenters. The second-order valence-electron chi connectivity index (χ2n) is 8.32. The van der Waals surface area contributed by atoms with Crippen LogP contribution in [0.15, 0.2) is 48.5 Å². The van der Waals surface area contributed by atoms with Gasteiger partial charge < -0.3 is 10.2 Å². The Balaban J connectivity index is 1.11. The Morgan fingerprint density at radius 1 is 1.03 bits per heavy atom. The van der Waals surface area contributed by atoms with E-state index in [4.69, 9.17) is 11.6 Å². The van der Waals surface area contributed by atoms with Crippen LogP contribution in [-0.2, 0) is 11.3 Å². The van der Waals surface area contributed by atoms with E-state index in [1.165, 1.54) is 11.6 Å². The summed E-state index contributed by atoms with van der Waals surface area (Å²) in [6.07, 6.45) is 1.91. The van der Waals surface area contributed by atoms with E-state index in [9.17, 15) is 9.18 Å². The molecule has 4 rings (SSSR count). The average Bonchev–Trinajstić information content (AvgIpc) is 3.57. The van der Waals surface area contributed by atoms with E-state index < -0.39 is 0 Å². The summed E-state index contributed by atoms with van der Waals surface area (Å²) < 4.78 is 14.0. The Morgan fingerprint density at radius 3 is 2.50 bits per heavy atom. The lowest BCUT2D eigenvalue weighted by Gasteiger charge is -2.34. The van der Waals surface area contributed by atoms with Crippen LogP contribution < -0.4 is 5.32 Å². The van der Waals surface area contributed by atoms with Crippen LogP contribution in [0.5, 0.6) is 0 Å². The zero-order valence-electron chi connectivity index (χ0n) is 17.2. The van der Waals surface area contributed by atoms with Crippen molar-refractivity contribution in [1.29, 1.82) is 0 Å². The fraction of sp³-hybridized carbons (Fsp3) is 0.458. The Kier molecular flexibility index (Phi) is 7.03. The molecule has 1 aliphatic carbocycles. The van der Waals surface area contributed by atoms with Crippen LogP contribution in [0.1, 0.15) is 29.9 Å². The molecule has 1 saturated carbocycles. The van der Waals surface area contributed by atoms with E-state index in [1.807, 2.05) is 18.2 Å². The van der Waals surface area contributed by atoms with E-state index in [0.717, 1.165) is 52.1 Å². The normalized spacial score (nSPS) is 22.1. The molecule has 0 radical (unpaired) electrons. The van der Waals surface area contributed by atoms with Gasteiger partial charge in [0.2, 0.25) is 5.91 Å². The van der Waals surface area contributed by atoms with Gasteiger partial charge in [-0.25, -0.2) is 4.39 Å². The summed E-state index contributed by atoms with van der Waals surface area (Å²) in [7, 11) is 0. The lowest BCUT2D eigenvalue weighted by atomic mass is 10.1. The minimum absolute atomic E-state index is 0.140. The van der Waals surface area contributed by atoms with E-state index in [2.05, 4.69) is 27.2 Å². The third kappa shape index (κ3) is 5.39. The maximum Gasteiger partial charge on any atom is 0.223 e. The number of amides is 1. The lowest BCUT2D eigenvalue weighted by molar-refractivity contribution is -0.122. The zero-order chi connectivity index (χ0) is 20.9. The summed E-state index contributed by atoms with van der Waals surface area (Å²) >= 11 is 6.15. The molecular formula is C24H29ClFN3O. The molecule has 2 atom stereocenters. The van der Waals surface area contributed by atoms with Crippen LogP contribution in [0.2, 0.25) is 5.02 Å². The molecule has 1 saturated heterocycles. The first-order valence-electron chi connectivity index (χ1n) is 10.8. The lowest BCUT2D eigenvalue weighted by Crippen LogP contribution is -2.46. The number of nitrogens with zero attached hydrogens (tertiary/aromatic N) is 2. The molecule has 0 spiro atoms. The summed E-state index contributed by atoms with van der Waals surface area (Å²) in [5.41, 5.74) is 1.86. The summed E-state index contributed by atoms with van der Waals surface area (Å²) in [4.78, 5) is 17.0. The van der Waals surface area contributed by atoms with Crippen LogP contribution in [0.25, 0.3) is 0 Å². The molecule has 1 aliphatic heterocycles. The van der Waals surface area contributed by atoms with Gasteiger partial charge in [-0.05, 0) is 43.0 Å². The standard InChI is InChI=1S/C24H29ClFN3O/c25-22-8-4-9-23(26)21(22)17-29-14-12-28(13-15-29)11-5-10-27-24(30)20-16-19(20)18-6-2-1-3-7-18/h1-4,6-9,19-20H,5,10-17H2,(H,27,30)/t19-,20+/m1/s1. The van der Waals surface area contributed by atoms with Crippen LogP contribution in [-0.4, -0.2) is 55.0 Å². The summed E-state index contributed by atoms with van der Waals surface area (Å²) in [5, 5.41) is 3.60. The van der Waals surface area contributed by atoms with Crippen molar-refractivity contribution in [2.24, 2.45) is 5.92 Å². The Labute approximate surface area is 183 Å². The van der Waals surface area contributed by atoms with Gasteiger partial charge in [0.25, 0.3) is 0 Å². The monoisotopic (exact) mass is 429 g/mol. The highest BCUT2D eigenvalue weighted by atomic mass is 35.5. The summed E-state index contributed by atoms with van der Waals surface area (Å²) in [6.45, 7) is 5.97. The number of carbonyl (C=O) groups excluding carboxylic acids is 1. The van der Waals surface area contributed by atoms with Crippen LogP contribution in [0.4, 0.5) is 4.39 Å². The van der Waals surface area contributed by atoms with Crippen molar-refractivity contribution in [1.82, 2.24) is 15.1 Å². The average molecular weight is 430 g/mol. The number of piperazine rings is 1. The number of carbonyl (C=O) groups is 1. The van der Waals surface area contributed by atoms with Crippen molar-refractivity contribution in [3.8, 4) is 0 Å². The number of rotatable bonds is 8. The first kappa shape index (κ1) is 21.3. The predicted molar refractivity (Wildman–Crippen MR) is 118 cm³/mol. The van der Waals surface area contributed by atoms with Crippen molar-refractivity contribution < 1.29 is 9.18 Å². The van der Waals surface area contributed by atoms with Gasteiger partial charge in [0.1, 0.15) is 5.82 Å². The second-order valence-corrected chi connectivity index (χ2v) is 8.73. The maximum atomic E-state index is 14.0. The molecular weight excluding hydrogens is 401 g/mol. The third-order valence-electron chi connectivity index (χ3n) is 6.21. The molecule has 1 amide bonds. The highest BCUT2D eigenvalue weighted by molar-refractivity contribution is 6.31. The molecule has 2 aliphatic rings. The largest absolute Gasteiger partial charge is 0.356 e. The highest BCUT2D eigenvalue weighted by Crippen LogP contribution is 2.47. The number of hydrogen-bond acceptors (Lipinski definition) is 3. The van der Waals surface area contributed by atoms with E-state index >= 15 is 0 Å². The number of hydrogen-bond donors (Lipinski definition) is 1. The molecule has 2 aromatic carbocycles. The molecule has 2 fully saturated rings. The van der Waals surface area contributed by atoms with Gasteiger partial charge in [0.05, 0.1) is 0 Å². The van der Waals surface area contributed by atoms with Crippen LogP contribution in [0, 0.1) is 11.7 Å². The number of nitrogens with one attached hydrogen (secondary N) is 1. The number of halogens is 2. The van der Waals surface area contributed by atoms with Crippen LogP contribution >= 0.6 is 11.6 Å². The quantitative estimate of drug-likeness (QED) is 0.646. The molecule has 1 heterocycles. The van der Waals surface area contributed by atoms with Gasteiger partial charge in [-0.1, -0.05) is 48.0 Å². The smallest absolute Gasteiger partial charge is 0.223 e. The van der Waals surface area contributed by atoms with Crippen LogP contribution in [0.3, 0.4) is 0 Å². The molecule has 1 N–H and O–H groups in total. The van der Waals surface area contributed by atoms with Gasteiger partial charge in [0.15, 0.2) is 0 Å². The Bertz CT molecular complexity index is 835.